The second-order valence-corrected chi connectivity index (χ2v) is 6.70. The lowest BCUT2D eigenvalue weighted by molar-refractivity contribution is -0.119. The molecule has 0 aliphatic heterocycles. The number of carbonyl (C=O) groups excluding carboxylic acids is 1. The third kappa shape index (κ3) is 4.91. The lowest BCUT2D eigenvalue weighted by atomic mass is 9.84. The fraction of sp³-hybridized carbons (Fsp3) is 0.909. The monoisotopic (exact) mass is 277 g/mol. The number of nitrogens with two attached hydrogens (primary N) is 1. The first kappa shape index (κ1) is 15.4. The Morgan fingerprint density at radius 1 is 1.33 bits per heavy atom. The van der Waals surface area contributed by atoms with Crippen LogP contribution in [0, 0.1) is 5.92 Å². The van der Waals surface area contributed by atoms with Gasteiger partial charge >= 0.3 is 0 Å². The summed E-state index contributed by atoms with van der Waals surface area (Å²) in [6.45, 7) is 0.357. The zero-order chi connectivity index (χ0) is 13.6. The molecule has 0 aromatic carbocycles. The van der Waals surface area contributed by atoms with Gasteiger partial charge in [0.1, 0.15) is 5.75 Å². The van der Waals surface area contributed by atoms with Crippen molar-refractivity contribution in [3.05, 3.63) is 0 Å². The van der Waals surface area contributed by atoms with Crippen molar-refractivity contribution in [1.29, 1.82) is 0 Å². The van der Waals surface area contributed by atoms with E-state index in [4.69, 9.17) is 5.73 Å². The molecule has 6 nitrogen and oxygen atoms in total. The highest BCUT2D eigenvalue weighted by Crippen LogP contribution is 2.26. The van der Waals surface area contributed by atoms with E-state index in [-0.39, 0.29) is 6.04 Å². The second-order valence-electron chi connectivity index (χ2n) is 4.77. The third-order valence-electron chi connectivity index (χ3n) is 3.45. The summed E-state index contributed by atoms with van der Waals surface area (Å²) in [5.41, 5.74) is 5.67. The Hall–Kier alpha value is -0.660. The van der Waals surface area contributed by atoms with Crippen LogP contribution in [0.5, 0.6) is 0 Å². The van der Waals surface area contributed by atoms with Crippen LogP contribution in [0.3, 0.4) is 0 Å². The van der Waals surface area contributed by atoms with E-state index >= 15 is 0 Å². The summed E-state index contributed by atoms with van der Waals surface area (Å²) in [6.07, 6.45) is 5.66. The minimum Gasteiger partial charge on any atom is -0.351 e. The van der Waals surface area contributed by atoms with Crippen molar-refractivity contribution >= 4 is 15.9 Å². The zero-order valence-electron chi connectivity index (χ0n) is 10.8. The predicted octanol–water partition coefficient (Wildman–Crippen LogP) is -0.441. The van der Waals surface area contributed by atoms with Crippen LogP contribution in [-0.2, 0) is 14.8 Å². The van der Waals surface area contributed by atoms with E-state index in [1.165, 1.54) is 13.5 Å². The van der Waals surface area contributed by atoms with Crippen molar-refractivity contribution in [2.75, 3.05) is 19.3 Å². The van der Waals surface area contributed by atoms with Gasteiger partial charge in [-0.3, -0.25) is 4.79 Å². The molecule has 0 spiro atoms. The molecule has 0 radical (unpaired) electrons. The zero-order valence-corrected chi connectivity index (χ0v) is 11.6. The number of hydrogen-bond acceptors (Lipinski definition) is 4. The number of rotatable bonds is 6. The van der Waals surface area contributed by atoms with Crippen LogP contribution in [0.25, 0.3) is 0 Å². The van der Waals surface area contributed by atoms with Crippen LogP contribution < -0.4 is 15.8 Å². The van der Waals surface area contributed by atoms with Crippen LogP contribution in [0.4, 0.5) is 0 Å². The summed E-state index contributed by atoms with van der Waals surface area (Å²) in [5.74, 6) is -0.637. The van der Waals surface area contributed by atoms with Gasteiger partial charge in [0.15, 0.2) is 0 Å². The average molecular weight is 277 g/mol. The summed E-state index contributed by atoms with van der Waals surface area (Å²) in [4.78, 5) is 11.6. The first-order chi connectivity index (χ1) is 8.48. The van der Waals surface area contributed by atoms with Gasteiger partial charge in [0.2, 0.25) is 15.9 Å². The predicted molar refractivity (Wildman–Crippen MR) is 70.4 cm³/mol. The van der Waals surface area contributed by atoms with Gasteiger partial charge in [-0.05, 0) is 25.8 Å². The number of carbonyl (C=O) groups is 1. The van der Waals surface area contributed by atoms with E-state index in [1.54, 1.807) is 0 Å². The Labute approximate surface area is 109 Å². The van der Waals surface area contributed by atoms with Crippen LogP contribution in [0.15, 0.2) is 0 Å². The van der Waals surface area contributed by atoms with Crippen molar-refractivity contribution < 1.29 is 13.2 Å². The Bertz CT molecular complexity index is 364. The van der Waals surface area contributed by atoms with Crippen molar-refractivity contribution in [3.8, 4) is 0 Å². The van der Waals surface area contributed by atoms with Gasteiger partial charge in [-0.15, -0.1) is 0 Å². The lowest BCUT2D eigenvalue weighted by Gasteiger charge is -2.30. The molecule has 0 saturated heterocycles. The molecule has 1 unspecified atom stereocenters. The summed E-state index contributed by atoms with van der Waals surface area (Å²) in [6, 6.07) is -0.107. The largest absolute Gasteiger partial charge is 0.351 e. The second kappa shape index (κ2) is 7.06. The van der Waals surface area contributed by atoms with Gasteiger partial charge < -0.3 is 11.1 Å². The first-order valence-corrected chi connectivity index (χ1v) is 8.04. The van der Waals surface area contributed by atoms with Crippen molar-refractivity contribution in [2.45, 2.75) is 38.1 Å². The molecule has 0 heterocycles. The molecular weight excluding hydrogens is 254 g/mol. The average Bonchev–Trinajstić information content (AvgIpc) is 2.36. The molecule has 1 aliphatic carbocycles. The van der Waals surface area contributed by atoms with Gasteiger partial charge in [0.25, 0.3) is 0 Å². The number of amides is 1. The SMILES string of the molecule is CNS(=O)(=O)CC(=O)NC(CN)C1CCCCC1. The molecule has 4 N–H and O–H groups in total. The smallest absolute Gasteiger partial charge is 0.236 e. The highest BCUT2D eigenvalue weighted by molar-refractivity contribution is 7.90. The summed E-state index contributed by atoms with van der Waals surface area (Å²) < 4.78 is 24.6. The topological polar surface area (TPSA) is 101 Å². The first-order valence-electron chi connectivity index (χ1n) is 6.39. The van der Waals surface area contributed by atoms with E-state index in [9.17, 15) is 13.2 Å². The molecular formula is C11H23N3O3S. The normalized spacial score (nSPS) is 19.4. The lowest BCUT2D eigenvalue weighted by Crippen LogP contribution is -2.48. The molecule has 0 aromatic rings. The number of sulfonamides is 1. The standard InChI is InChI=1S/C11H23N3O3S/c1-13-18(16,17)8-11(15)14-10(7-12)9-5-3-2-4-6-9/h9-10,13H,2-8,12H2,1H3,(H,14,15). The fourth-order valence-corrected chi connectivity index (χ4v) is 2.97. The van der Waals surface area contributed by atoms with Crippen LogP contribution in [0.1, 0.15) is 32.1 Å². The molecule has 1 aliphatic rings. The van der Waals surface area contributed by atoms with Crippen molar-refractivity contribution in [2.24, 2.45) is 11.7 Å². The molecule has 1 saturated carbocycles. The molecule has 1 amide bonds. The van der Waals surface area contributed by atoms with Crippen molar-refractivity contribution in [3.63, 3.8) is 0 Å². The van der Waals surface area contributed by atoms with Crippen LogP contribution in [0.2, 0.25) is 0 Å². The highest BCUT2D eigenvalue weighted by Gasteiger charge is 2.25. The Morgan fingerprint density at radius 3 is 2.44 bits per heavy atom. The van der Waals surface area contributed by atoms with E-state index in [0.29, 0.717) is 12.5 Å². The molecule has 1 atom stereocenters. The van der Waals surface area contributed by atoms with Gasteiger partial charge in [-0.2, -0.15) is 0 Å². The van der Waals surface area contributed by atoms with E-state index < -0.39 is 21.7 Å². The summed E-state index contributed by atoms with van der Waals surface area (Å²) in [7, 11) is -2.21. The van der Waals surface area contributed by atoms with Gasteiger partial charge in [-0.1, -0.05) is 19.3 Å². The van der Waals surface area contributed by atoms with Crippen LogP contribution >= 0.6 is 0 Å². The van der Waals surface area contributed by atoms with Crippen molar-refractivity contribution in [1.82, 2.24) is 10.0 Å². The Kier molecular flexibility index (Phi) is 6.04. The van der Waals surface area contributed by atoms with Gasteiger partial charge in [-0.25, -0.2) is 13.1 Å². The molecule has 7 heteroatoms. The highest BCUT2D eigenvalue weighted by atomic mass is 32.2. The molecule has 18 heavy (non-hydrogen) atoms. The molecule has 1 rings (SSSR count). The van der Waals surface area contributed by atoms with Crippen LogP contribution in [-0.4, -0.2) is 39.7 Å². The Balaban J connectivity index is 2.49. The Morgan fingerprint density at radius 2 is 1.94 bits per heavy atom. The fourth-order valence-electron chi connectivity index (χ4n) is 2.40. The van der Waals surface area contributed by atoms with Gasteiger partial charge in [0.05, 0.1) is 0 Å². The summed E-state index contributed by atoms with van der Waals surface area (Å²) >= 11 is 0. The summed E-state index contributed by atoms with van der Waals surface area (Å²) in [5, 5.41) is 2.74. The molecule has 1 fully saturated rings. The minimum absolute atomic E-state index is 0.107. The number of nitrogens with one attached hydrogen (secondary N) is 2. The minimum atomic E-state index is -3.51. The van der Waals surface area contributed by atoms with E-state index in [1.807, 2.05) is 0 Å². The molecule has 106 valence electrons. The number of hydrogen-bond donors (Lipinski definition) is 3. The van der Waals surface area contributed by atoms with E-state index in [2.05, 4.69) is 10.0 Å². The third-order valence-corrected chi connectivity index (χ3v) is 4.72. The maximum Gasteiger partial charge on any atom is 0.236 e. The molecule has 0 aromatic heterocycles. The maximum absolute atomic E-state index is 11.6. The molecule has 0 bridgehead atoms. The van der Waals surface area contributed by atoms with E-state index in [0.717, 1.165) is 25.7 Å². The maximum atomic E-state index is 11.6. The van der Waals surface area contributed by atoms with Gasteiger partial charge in [0, 0.05) is 12.6 Å². The quantitative estimate of drug-likeness (QED) is 0.612.